The van der Waals surface area contributed by atoms with Crippen LogP contribution in [-0.4, -0.2) is 17.1 Å². The van der Waals surface area contributed by atoms with Crippen LogP contribution in [0.1, 0.15) is 5.69 Å². The first-order chi connectivity index (χ1) is 7.20. The number of H-pyrrole nitrogens is 1. The van der Waals surface area contributed by atoms with Gasteiger partial charge in [0, 0.05) is 15.5 Å². The summed E-state index contributed by atoms with van der Waals surface area (Å²) in [5, 5.41) is 0. The van der Waals surface area contributed by atoms with Crippen molar-refractivity contribution >= 4 is 22.6 Å². The summed E-state index contributed by atoms with van der Waals surface area (Å²) in [5.41, 5.74) is 2.04. The molecule has 0 spiro atoms. The number of halogens is 1. The van der Waals surface area contributed by atoms with E-state index >= 15 is 0 Å². The van der Waals surface area contributed by atoms with E-state index in [-0.39, 0.29) is 0 Å². The lowest BCUT2D eigenvalue weighted by Crippen LogP contribution is -1.90. The summed E-state index contributed by atoms with van der Waals surface area (Å²) in [5.74, 6) is 1.69. The maximum Gasteiger partial charge on any atom is 0.141 e. The van der Waals surface area contributed by atoms with Crippen LogP contribution in [0.15, 0.2) is 24.4 Å². The predicted molar refractivity (Wildman–Crippen MR) is 68.0 cm³/mol. The minimum Gasteiger partial charge on any atom is -0.496 e. The topological polar surface area (TPSA) is 37.9 Å². The number of aryl methyl sites for hydroxylation is 1. The van der Waals surface area contributed by atoms with Crippen molar-refractivity contribution < 1.29 is 4.74 Å². The van der Waals surface area contributed by atoms with Gasteiger partial charge in [-0.2, -0.15) is 0 Å². The molecule has 0 amide bonds. The number of ether oxygens (including phenoxy) is 1. The molecular formula is C11H11IN2O. The van der Waals surface area contributed by atoms with Gasteiger partial charge in [0.1, 0.15) is 11.6 Å². The largest absolute Gasteiger partial charge is 0.496 e. The van der Waals surface area contributed by atoms with Gasteiger partial charge >= 0.3 is 0 Å². The highest BCUT2D eigenvalue weighted by molar-refractivity contribution is 14.1. The second-order valence-corrected chi connectivity index (χ2v) is 4.51. The summed E-state index contributed by atoms with van der Waals surface area (Å²) >= 11 is 2.27. The van der Waals surface area contributed by atoms with E-state index in [1.807, 2.05) is 25.3 Å². The zero-order chi connectivity index (χ0) is 10.8. The normalized spacial score (nSPS) is 10.3. The number of rotatable bonds is 2. The van der Waals surface area contributed by atoms with E-state index in [0.717, 1.165) is 26.4 Å². The molecular weight excluding hydrogens is 303 g/mol. The molecule has 78 valence electrons. The van der Waals surface area contributed by atoms with E-state index in [1.54, 1.807) is 7.11 Å². The van der Waals surface area contributed by atoms with Crippen LogP contribution in [0.4, 0.5) is 0 Å². The second-order valence-electron chi connectivity index (χ2n) is 3.26. The minimum atomic E-state index is 0.838. The molecule has 1 aromatic carbocycles. The summed E-state index contributed by atoms with van der Waals surface area (Å²) < 4.78 is 6.46. The van der Waals surface area contributed by atoms with Crippen LogP contribution >= 0.6 is 22.6 Å². The molecule has 0 radical (unpaired) electrons. The average molecular weight is 314 g/mol. The highest BCUT2D eigenvalue weighted by Crippen LogP contribution is 2.29. The third kappa shape index (κ3) is 2.14. The van der Waals surface area contributed by atoms with Crippen LogP contribution in [-0.2, 0) is 0 Å². The number of benzene rings is 1. The molecule has 2 rings (SSSR count). The molecule has 1 heterocycles. The van der Waals surface area contributed by atoms with Crippen LogP contribution in [0.3, 0.4) is 0 Å². The van der Waals surface area contributed by atoms with Crippen LogP contribution in [0.2, 0.25) is 0 Å². The van der Waals surface area contributed by atoms with Gasteiger partial charge in [-0.15, -0.1) is 0 Å². The third-order valence-corrected chi connectivity index (χ3v) is 2.79. The van der Waals surface area contributed by atoms with Crippen LogP contribution in [0, 0.1) is 10.5 Å². The lowest BCUT2D eigenvalue weighted by molar-refractivity contribution is 0.416. The molecule has 0 fully saturated rings. The Balaban J connectivity index is 2.55. The fraction of sp³-hybridized carbons (Fsp3) is 0.182. The Hall–Kier alpha value is -1.04. The predicted octanol–water partition coefficient (Wildman–Crippen LogP) is 3.00. The lowest BCUT2D eigenvalue weighted by Gasteiger charge is -2.06. The fourth-order valence-electron chi connectivity index (χ4n) is 1.41. The molecule has 15 heavy (non-hydrogen) atoms. The summed E-state index contributed by atoms with van der Waals surface area (Å²) in [6.07, 6.45) is 1.81. The van der Waals surface area contributed by atoms with E-state index in [9.17, 15) is 0 Å². The molecule has 2 aromatic rings. The molecule has 0 aliphatic carbocycles. The minimum absolute atomic E-state index is 0.838. The van der Waals surface area contributed by atoms with E-state index in [1.165, 1.54) is 0 Å². The smallest absolute Gasteiger partial charge is 0.141 e. The highest BCUT2D eigenvalue weighted by atomic mass is 127. The van der Waals surface area contributed by atoms with Gasteiger partial charge in [0.15, 0.2) is 0 Å². The number of imidazole rings is 1. The molecule has 1 aromatic heterocycles. The Kier molecular flexibility index (Phi) is 2.95. The van der Waals surface area contributed by atoms with Crippen molar-refractivity contribution in [3.05, 3.63) is 33.7 Å². The molecule has 0 unspecified atom stereocenters. The summed E-state index contributed by atoms with van der Waals surface area (Å²) in [6, 6.07) is 6.02. The van der Waals surface area contributed by atoms with Crippen molar-refractivity contribution in [2.75, 3.05) is 7.11 Å². The van der Waals surface area contributed by atoms with Crippen LogP contribution in [0.5, 0.6) is 5.75 Å². The molecule has 0 bridgehead atoms. The van der Waals surface area contributed by atoms with Gasteiger partial charge in [0.05, 0.1) is 12.7 Å². The van der Waals surface area contributed by atoms with Crippen LogP contribution in [0.25, 0.3) is 11.4 Å². The molecule has 0 aliphatic rings. The number of hydrogen-bond donors (Lipinski definition) is 1. The van der Waals surface area contributed by atoms with Crippen LogP contribution < -0.4 is 4.74 Å². The molecule has 1 N–H and O–H groups in total. The first-order valence-electron chi connectivity index (χ1n) is 4.56. The monoisotopic (exact) mass is 314 g/mol. The maximum absolute atomic E-state index is 5.30. The Morgan fingerprint density at radius 1 is 1.40 bits per heavy atom. The number of methoxy groups -OCH3 is 1. The van der Waals surface area contributed by atoms with Gasteiger partial charge in [-0.25, -0.2) is 4.98 Å². The van der Waals surface area contributed by atoms with Gasteiger partial charge in [-0.3, -0.25) is 0 Å². The number of aromatic nitrogens is 2. The third-order valence-electron chi connectivity index (χ3n) is 2.12. The lowest BCUT2D eigenvalue weighted by atomic mass is 10.2. The van der Waals surface area contributed by atoms with E-state index < -0.39 is 0 Å². The van der Waals surface area contributed by atoms with E-state index in [0.29, 0.717) is 0 Å². The molecule has 4 heteroatoms. The molecule has 0 saturated carbocycles. The van der Waals surface area contributed by atoms with E-state index in [2.05, 4.69) is 38.6 Å². The number of hydrogen-bond acceptors (Lipinski definition) is 2. The molecule has 0 aliphatic heterocycles. The van der Waals surface area contributed by atoms with Gasteiger partial charge in [0.25, 0.3) is 0 Å². The molecule has 0 atom stereocenters. The molecule has 3 nitrogen and oxygen atoms in total. The first kappa shape index (κ1) is 10.5. The van der Waals surface area contributed by atoms with Gasteiger partial charge in [-0.05, 0) is 47.7 Å². The average Bonchev–Trinajstić information content (AvgIpc) is 2.65. The van der Waals surface area contributed by atoms with Crippen molar-refractivity contribution in [3.8, 4) is 17.1 Å². The Morgan fingerprint density at radius 2 is 2.20 bits per heavy atom. The van der Waals surface area contributed by atoms with Crippen molar-refractivity contribution in [1.82, 2.24) is 9.97 Å². The quantitative estimate of drug-likeness (QED) is 0.866. The second kappa shape index (κ2) is 4.22. The van der Waals surface area contributed by atoms with E-state index in [4.69, 9.17) is 4.74 Å². The van der Waals surface area contributed by atoms with Crippen molar-refractivity contribution in [3.63, 3.8) is 0 Å². The number of nitrogens with one attached hydrogen (secondary N) is 1. The summed E-state index contributed by atoms with van der Waals surface area (Å²) in [7, 11) is 1.67. The Morgan fingerprint density at radius 3 is 2.80 bits per heavy atom. The molecule has 0 saturated heterocycles. The maximum atomic E-state index is 5.30. The summed E-state index contributed by atoms with van der Waals surface area (Å²) in [4.78, 5) is 7.50. The van der Waals surface area contributed by atoms with Gasteiger partial charge in [-0.1, -0.05) is 0 Å². The zero-order valence-electron chi connectivity index (χ0n) is 8.54. The number of nitrogens with zero attached hydrogens (tertiary/aromatic N) is 1. The van der Waals surface area contributed by atoms with Crippen molar-refractivity contribution in [2.24, 2.45) is 0 Å². The van der Waals surface area contributed by atoms with Crippen molar-refractivity contribution in [2.45, 2.75) is 6.92 Å². The Labute approximate surface area is 102 Å². The summed E-state index contributed by atoms with van der Waals surface area (Å²) in [6.45, 7) is 1.98. The standard InChI is InChI=1S/C11H11IN2O/c1-7-6-13-11(14-7)9-5-8(12)3-4-10(9)15-2/h3-6H,1-2H3,(H,13,14). The first-order valence-corrected chi connectivity index (χ1v) is 5.64. The number of aromatic amines is 1. The van der Waals surface area contributed by atoms with Gasteiger partial charge < -0.3 is 9.72 Å². The van der Waals surface area contributed by atoms with Gasteiger partial charge in [0.2, 0.25) is 0 Å². The fourth-order valence-corrected chi connectivity index (χ4v) is 1.91. The zero-order valence-corrected chi connectivity index (χ0v) is 10.7. The highest BCUT2D eigenvalue weighted by Gasteiger charge is 2.08. The SMILES string of the molecule is COc1ccc(I)cc1-c1ncc(C)[nH]1. The Bertz CT molecular complexity index is 479. The van der Waals surface area contributed by atoms with Crippen molar-refractivity contribution in [1.29, 1.82) is 0 Å².